The first-order valence-electron chi connectivity index (χ1n) is 15.0. The number of allylic oxidation sites excluding steroid dienone is 1. The summed E-state index contributed by atoms with van der Waals surface area (Å²) in [6, 6.07) is -1.87. The van der Waals surface area contributed by atoms with Crippen molar-refractivity contribution in [1.29, 1.82) is 0 Å². The van der Waals surface area contributed by atoms with Crippen molar-refractivity contribution < 1.29 is 57.5 Å². The minimum Gasteiger partial charge on any atom is -0.510 e. The third-order valence-corrected chi connectivity index (χ3v) is 10.6. The van der Waals surface area contributed by atoms with Crippen LogP contribution in [0.5, 0.6) is 11.5 Å². The third kappa shape index (κ3) is 4.06. The first-order chi connectivity index (χ1) is 21.6. The molecular weight excluding hydrogens is 617 g/mol. The van der Waals surface area contributed by atoms with Crippen LogP contribution in [0.4, 0.5) is 18.9 Å². The second-order valence-electron chi connectivity index (χ2n) is 13.1. The Morgan fingerprint density at radius 3 is 2.57 bits per heavy atom. The number of aromatic hydroxyl groups is 1. The van der Waals surface area contributed by atoms with Gasteiger partial charge in [-0.1, -0.05) is 0 Å². The molecule has 2 fully saturated rings. The van der Waals surface area contributed by atoms with Gasteiger partial charge in [0, 0.05) is 47.8 Å². The van der Waals surface area contributed by atoms with Crippen molar-refractivity contribution in [3.8, 4) is 11.5 Å². The Hall–Kier alpha value is -3.86. The van der Waals surface area contributed by atoms with Gasteiger partial charge in [0.2, 0.25) is 5.78 Å². The van der Waals surface area contributed by atoms with Crippen LogP contribution in [0.15, 0.2) is 22.7 Å². The number of benzene rings is 1. The number of aliphatic hydroxyl groups is 3. The number of ether oxygens (including phenoxy) is 2. The van der Waals surface area contributed by atoms with Gasteiger partial charge in [-0.3, -0.25) is 24.2 Å². The number of nitrogens with zero attached hydrogens (tertiary/aromatic N) is 2. The number of carbonyl (C=O) groups is 3. The lowest BCUT2D eigenvalue weighted by molar-refractivity contribution is -0.275. The van der Waals surface area contributed by atoms with Crippen LogP contribution in [0.1, 0.15) is 40.4 Å². The summed E-state index contributed by atoms with van der Waals surface area (Å²) in [5, 5.41) is 48.9. The number of ketones is 2. The van der Waals surface area contributed by atoms with Crippen molar-refractivity contribution >= 4 is 23.2 Å². The van der Waals surface area contributed by atoms with E-state index in [-0.39, 0.29) is 41.6 Å². The van der Waals surface area contributed by atoms with Crippen LogP contribution >= 0.6 is 0 Å². The molecule has 7 atom stereocenters. The van der Waals surface area contributed by atoms with Crippen molar-refractivity contribution in [2.75, 3.05) is 45.7 Å². The first kappa shape index (κ1) is 30.8. The predicted molar refractivity (Wildman–Crippen MR) is 151 cm³/mol. The second-order valence-corrected chi connectivity index (χ2v) is 13.1. The van der Waals surface area contributed by atoms with E-state index in [4.69, 9.17) is 15.2 Å². The number of primary amides is 1. The Morgan fingerprint density at radius 1 is 1.20 bits per heavy atom. The summed E-state index contributed by atoms with van der Waals surface area (Å²) >= 11 is 0. The Labute approximate surface area is 260 Å². The van der Waals surface area contributed by atoms with E-state index in [1.165, 1.54) is 19.0 Å². The maximum atomic E-state index is 14.2. The van der Waals surface area contributed by atoms with Crippen molar-refractivity contribution in [2.45, 2.75) is 49.4 Å². The van der Waals surface area contributed by atoms with Gasteiger partial charge in [0.15, 0.2) is 17.1 Å². The quantitative estimate of drug-likeness (QED) is 0.203. The summed E-state index contributed by atoms with van der Waals surface area (Å²) in [6.07, 6.45) is -5.15. The van der Waals surface area contributed by atoms with Crippen molar-refractivity contribution in [1.82, 2.24) is 9.80 Å². The lowest BCUT2D eigenvalue weighted by Gasteiger charge is -2.50. The van der Waals surface area contributed by atoms with Gasteiger partial charge in [-0.15, -0.1) is 13.2 Å². The minimum absolute atomic E-state index is 0.0598. The van der Waals surface area contributed by atoms with Crippen LogP contribution in [0.2, 0.25) is 0 Å². The van der Waals surface area contributed by atoms with Crippen LogP contribution < -0.4 is 15.8 Å². The fourth-order valence-corrected chi connectivity index (χ4v) is 8.88. The van der Waals surface area contributed by atoms with Crippen molar-refractivity contribution in [2.24, 2.45) is 23.5 Å². The molecule has 16 heteroatoms. The molecule has 0 aromatic heterocycles. The molecule has 7 rings (SSSR count). The number of amides is 1. The summed E-state index contributed by atoms with van der Waals surface area (Å²) in [6.45, 7) is 1.51. The predicted octanol–water partition coefficient (Wildman–Crippen LogP) is 1.21. The van der Waals surface area contributed by atoms with E-state index in [0.717, 1.165) is 0 Å². The number of hydrogen-bond donors (Lipinski definition) is 6. The molecule has 13 nitrogen and oxygen atoms in total. The highest BCUT2D eigenvalue weighted by molar-refractivity contribution is 6.25. The zero-order valence-corrected chi connectivity index (χ0v) is 24.8. The zero-order chi connectivity index (χ0) is 33.2. The van der Waals surface area contributed by atoms with E-state index < -0.39 is 93.1 Å². The van der Waals surface area contributed by atoms with Crippen LogP contribution in [-0.2, 0) is 20.7 Å². The molecule has 0 saturated carbocycles. The molecule has 3 heterocycles. The van der Waals surface area contributed by atoms with Crippen LogP contribution in [0.25, 0.3) is 0 Å². The fourth-order valence-electron chi connectivity index (χ4n) is 8.88. The standard InChI is InChI=1S/C30H33F3N4O9/c1-36(2)21-14-7-10-6-13-16(22(38)15(10)26(41)29(14,44)27(42)18(24(21)40)28(34)43)23(39)19-17(25(13)46-30(31,32)33)20-11(8-35-19)5-12-9-45-4-3-37(12)20/h10-12,14,20-21,35,39-41,44H,3-9H2,1-2H3,(H2,34,43)/t10-,11?,12?,14-,20?,21-,29-/m1/s1. The number of likely N-dealkylation sites (N-methyl/N-ethyl adjacent to an activating group) is 1. The highest BCUT2D eigenvalue weighted by Gasteiger charge is 2.64. The van der Waals surface area contributed by atoms with Crippen molar-refractivity contribution in [3.63, 3.8) is 0 Å². The number of aliphatic hydroxyl groups excluding tert-OH is 2. The number of halogens is 3. The molecule has 7 N–H and O–H groups in total. The lowest BCUT2D eigenvalue weighted by atomic mass is 9.58. The third-order valence-electron chi connectivity index (χ3n) is 10.6. The molecule has 3 aliphatic carbocycles. The molecule has 1 aromatic rings. The monoisotopic (exact) mass is 650 g/mol. The number of phenolic OH excluding ortho intramolecular Hbond substituents is 1. The van der Waals surface area contributed by atoms with E-state index in [1.54, 1.807) is 0 Å². The normalized spacial score (nSPS) is 33.9. The van der Waals surface area contributed by atoms with Gasteiger partial charge < -0.3 is 41.0 Å². The molecule has 0 radical (unpaired) electrons. The number of morpholine rings is 1. The highest BCUT2D eigenvalue weighted by atomic mass is 19.4. The zero-order valence-electron chi connectivity index (χ0n) is 24.8. The Balaban J connectivity index is 1.44. The molecule has 1 amide bonds. The van der Waals surface area contributed by atoms with Gasteiger partial charge in [-0.05, 0) is 45.2 Å². The number of nitrogens with one attached hydrogen (secondary N) is 1. The molecule has 2 saturated heterocycles. The Kier molecular flexibility index (Phi) is 6.74. The number of anilines is 1. The highest BCUT2D eigenvalue weighted by Crippen LogP contribution is 2.59. The number of fused-ring (bicyclic) bond motifs is 8. The van der Waals surface area contributed by atoms with Crippen LogP contribution in [-0.4, -0.2) is 112 Å². The van der Waals surface area contributed by atoms with Gasteiger partial charge in [0.05, 0.1) is 30.5 Å². The molecule has 248 valence electrons. The number of carbonyl (C=O) groups excluding carboxylic acids is 3. The van der Waals surface area contributed by atoms with Gasteiger partial charge in [0.25, 0.3) is 5.91 Å². The van der Waals surface area contributed by atoms with E-state index in [9.17, 15) is 48.0 Å². The number of rotatable bonds is 3. The maximum Gasteiger partial charge on any atom is 0.573 e. The number of alkyl halides is 3. The van der Waals surface area contributed by atoms with E-state index in [1.807, 2.05) is 4.90 Å². The maximum absolute atomic E-state index is 14.2. The topological polar surface area (TPSA) is 195 Å². The largest absolute Gasteiger partial charge is 0.573 e. The van der Waals surface area contributed by atoms with E-state index >= 15 is 0 Å². The van der Waals surface area contributed by atoms with Gasteiger partial charge in [-0.25, -0.2) is 0 Å². The number of phenols is 1. The van der Waals surface area contributed by atoms with Crippen molar-refractivity contribution in [3.05, 3.63) is 39.4 Å². The number of hydrogen-bond acceptors (Lipinski definition) is 12. The molecule has 3 aliphatic heterocycles. The molecule has 46 heavy (non-hydrogen) atoms. The lowest BCUT2D eigenvalue weighted by Crippen LogP contribution is -2.63. The minimum atomic E-state index is -5.17. The van der Waals surface area contributed by atoms with Crippen LogP contribution in [0, 0.1) is 17.8 Å². The average Bonchev–Trinajstić information content (AvgIpc) is 3.35. The molecule has 0 bridgehead atoms. The summed E-state index contributed by atoms with van der Waals surface area (Å²) in [5.74, 6) is -9.51. The van der Waals surface area contributed by atoms with Gasteiger partial charge in [-0.2, -0.15) is 0 Å². The summed E-state index contributed by atoms with van der Waals surface area (Å²) in [4.78, 5) is 43.4. The fraction of sp³-hybridized carbons (Fsp3) is 0.567. The van der Waals surface area contributed by atoms with Gasteiger partial charge in [0.1, 0.15) is 22.8 Å². The molecular formula is C30H33F3N4O9. The molecule has 0 spiro atoms. The molecule has 1 aromatic carbocycles. The summed E-state index contributed by atoms with van der Waals surface area (Å²) in [5.41, 5.74) is 0.263. The second kappa shape index (κ2) is 10.1. The average molecular weight is 651 g/mol. The Bertz CT molecular complexity index is 1660. The SMILES string of the molecule is CN(C)[C@H]1C(O)=C(C(N)=O)C(=O)[C@]2(O)C(O)=C3C(=O)c4c(O)c5c(c(OC(F)(F)F)c4C[C@@H]3C[C@H]12)C1C(CN5)CC2COCCN21. The van der Waals surface area contributed by atoms with Crippen LogP contribution in [0.3, 0.4) is 0 Å². The first-order valence-corrected chi connectivity index (χ1v) is 15.0. The number of nitrogens with two attached hydrogens (primary N) is 1. The molecule has 6 aliphatic rings. The molecule has 3 unspecified atom stereocenters. The summed E-state index contributed by atoms with van der Waals surface area (Å²) < 4.78 is 52.7. The van der Waals surface area contributed by atoms with E-state index in [0.29, 0.717) is 32.7 Å². The Morgan fingerprint density at radius 2 is 1.91 bits per heavy atom. The number of Topliss-reactive ketones (excluding diaryl/α,β-unsaturated/α-hetero) is 2. The van der Waals surface area contributed by atoms with E-state index in [2.05, 4.69) is 5.32 Å². The smallest absolute Gasteiger partial charge is 0.510 e. The van der Waals surface area contributed by atoms with Gasteiger partial charge >= 0.3 is 6.36 Å². The summed E-state index contributed by atoms with van der Waals surface area (Å²) in [7, 11) is 2.97.